The molecule has 428 valence electrons. The summed E-state index contributed by atoms with van der Waals surface area (Å²) < 4.78 is 85.1. The zero-order valence-electron chi connectivity index (χ0n) is 46.5. The molecular formula is C53H81N9O15. The molecule has 0 amide bonds. The van der Waals surface area contributed by atoms with Crippen LogP contribution in [0.2, 0.25) is 0 Å². The van der Waals surface area contributed by atoms with Crippen molar-refractivity contribution in [3.8, 4) is 0 Å². The molecule has 0 aromatic heterocycles. The highest BCUT2D eigenvalue weighted by Crippen LogP contribution is 2.44. The van der Waals surface area contributed by atoms with Crippen molar-refractivity contribution in [2.24, 2.45) is 50.9 Å². The molecule has 6 aliphatic heterocycles. The number of hydrogen-bond donors (Lipinski definition) is 0. The van der Waals surface area contributed by atoms with Gasteiger partial charge < -0.3 is 61.6 Å². The van der Waals surface area contributed by atoms with E-state index in [9.17, 15) is 26.2 Å². The van der Waals surface area contributed by atoms with Gasteiger partial charge in [0.05, 0.1) is 72.5 Å². The molecule has 0 N–H and O–H groups in total. The number of carbonyl (C=O) groups is 2. The minimum Gasteiger partial charge on any atom is -0.453 e. The maximum absolute atomic E-state index is 13.9. The quantitative estimate of drug-likeness (QED) is 0.0508. The number of carbonyl (C=O) groups excluding carboxylic acids is 2. The zero-order chi connectivity index (χ0) is 55.7. The first-order valence-electron chi connectivity index (χ1n) is 27.6. The minimum atomic E-state index is -1.17. The third-order valence-electron chi connectivity index (χ3n) is 16.8. The molecule has 0 saturated carbocycles. The van der Waals surface area contributed by atoms with E-state index in [2.05, 4.69) is 37.0 Å². The van der Waals surface area contributed by atoms with Gasteiger partial charge in [-0.1, -0.05) is 95.9 Å². The molecule has 0 bridgehead atoms. The number of nitrogens with zero attached hydrogens (tertiary/aromatic N) is 9. The SMILES string of the molecule is CCC1O[C@H](O[C@@H]2C(C(C)=O)O[C@@H](O[C@@H]3C(CC)O[C@H](O[C@@H]4C(C)O[C@H](O[C@@H]5C(CC)O[C@H](OC)C(N=[N+]=[N-])[C@H]5C)C(OC(=O)c5ccccc5)[C@H]4C)C(N=[N+]=[N-])[C@H]3C)C(OC3CCCCO3)[C@H]2C)C(N=[N+]=[N-])[C@@H](C)[C@@H]1C. The zero-order valence-corrected chi connectivity index (χ0v) is 46.5. The number of benzene rings is 1. The molecule has 6 heterocycles. The largest absolute Gasteiger partial charge is 0.453 e. The smallest absolute Gasteiger partial charge is 0.338 e. The van der Waals surface area contributed by atoms with Crippen molar-refractivity contribution in [3.63, 3.8) is 0 Å². The second-order valence-electron chi connectivity index (χ2n) is 21.6. The van der Waals surface area contributed by atoms with Gasteiger partial charge in [0.1, 0.15) is 12.2 Å². The molecule has 77 heavy (non-hydrogen) atoms. The molecule has 26 atom stereocenters. The fraction of sp³-hybridized carbons (Fsp3) is 0.849. The van der Waals surface area contributed by atoms with Gasteiger partial charge in [0.2, 0.25) is 0 Å². The maximum atomic E-state index is 13.9. The first-order chi connectivity index (χ1) is 37.0. The van der Waals surface area contributed by atoms with E-state index < -0.39 is 147 Å². The van der Waals surface area contributed by atoms with E-state index >= 15 is 0 Å². The fourth-order valence-electron chi connectivity index (χ4n) is 12.1. The number of methoxy groups -OCH3 is 1. The number of ketones is 1. The lowest BCUT2D eigenvalue weighted by Gasteiger charge is -2.52. The normalized spacial score (nSPS) is 43.4. The summed E-state index contributed by atoms with van der Waals surface area (Å²) in [5.41, 5.74) is 29.6. The van der Waals surface area contributed by atoms with Crippen molar-refractivity contribution in [2.45, 2.75) is 238 Å². The van der Waals surface area contributed by atoms with Crippen LogP contribution in [0.15, 0.2) is 45.7 Å². The molecule has 0 aliphatic carbocycles. The standard InChI is InChI=1S/C53H81N9O15/c1-13-34-25(4)26(5)38(57-60-54)50(68-34)76-44-30(9)45(71-37-23-19-20-24-66-37)53(77-47(44)31(10)63)75-43-28(7)40(59-62-56)51(70-36(43)15-3)73-41-29(8)46(72-48(64)33-21-17-16-18-22-33)52(67-32(41)11)74-42-27(6)39(58-61-55)49(65-12)69-35(42)14-2/h16-18,21-22,25-30,32,34-47,49-53H,13-15,19-20,23-24H2,1-12H3/t25-,26-,27+,28+,29-,30-,32?,34?,35?,36?,37?,38?,39?,40?,41-,42-,43-,44-,45?,46?,47?,49-,50+,51+,52+,53+/m0/s1. The summed E-state index contributed by atoms with van der Waals surface area (Å²) in [5.74, 6) is -3.14. The molecule has 6 saturated heterocycles. The van der Waals surface area contributed by atoms with Crippen LogP contribution in [0.5, 0.6) is 0 Å². The molecule has 24 heteroatoms. The Balaban J connectivity index is 1.15. The van der Waals surface area contributed by atoms with Gasteiger partial charge in [-0.2, -0.15) is 0 Å². The van der Waals surface area contributed by atoms with Gasteiger partial charge in [0.25, 0.3) is 0 Å². The van der Waals surface area contributed by atoms with Crippen molar-refractivity contribution in [1.29, 1.82) is 0 Å². The molecule has 6 aliphatic rings. The van der Waals surface area contributed by atoms with Crippen LogP contribution in [0.25, 0.3) is 31.3 Å². The summed E-state index contributed by atoms with van der Waals surface area (Å²) in [6.45, 7) is 21.2. The van der Waals surface area contributed by atoms with E-state index in [-0.39, 0.29) is 23.7 Å². The van der Waals surface area contributed by atoms with E-state index in [0.29, 0.717) is 37.9 Å². The lowest BCUT2D eigenvalue weighted by molar-refractivity contribution is -0.370. The first-order valence-corrected chi connectivity index (χ1v) is 27.6. The van der Waals surface area contributed by atoms with Crippen LogP contribution < -0.4 is 0 Å². The van der Waals surface area contributed by atoms with Crippen LogP contribution >= 0.6 is 0 Å². The number of Topliss-reactive ketones (excluding diaryl/α,β-unsaturated/α-hetero) is 1. The topological polar surface area (TPSA) is 300 Å². The lowest BCUT2D eigenvalue weighted by atomic mass is 9.81. The van der Waals surface area contributed by atoms with Gasteiger partial charge in [-0.05, 0) is 105 Å². The van der Waals surface area contributed by atoms with E-state index in [1.807, 2.05) is 62.3 Å². The Kier molecular flexibility index (Phi) is 21.8. The van der Waals surface area contributed by atoms with Crippen LogP contribution in [0.1, 0.15) is 125 Å². The molecule has 0 spiro atoms. The molecule has 24 nitrogen and oxygen atoms in total. The summed E-state index contributed by atoms with van der Waals surface area (Å²) in [7, 11) is 1.48. The molecule has 6 fully saturated rings. The monoisotopic (exact) mass is 1080 g/mol. The van der Waals surface area contributed by atoms with Gasteiger partial charge in [0, 0.05) is 40.3 Å². The van der Waals surface area contributed by atoms with Crippen molar-refractivity contribution in [1.82, 2.24) is 0 Å². The summed E-state index contributed by atoms with van der Waals surface area (Å²) >= 11 is 0. The fourth-order valence-corrected chi connectivity index (χ4v) is 12.1. The Morgan fingerprint density at radius 2 is 1.06 bits per heavy atom. The molecule has 0 radical (unpaired) electrons. The number of hydrogen-bond acceptors (Lipinski definition) is 18. The number of rotatable bonds is 20. The maximum Gasteiger partial charge on any atom is 0.338 e. The van der Waals surface area contributed by atoms with Crippen molar-refractivity contribution in [2.75, 3.05) is 13.7 Å². The van der Waals surface area contributed by atoms with Gasteiger partial charge in [-0.3, -0.25) is 4.79 Å². The highest BCUT2D eigenvalue weighted by Gasteiger charge is 2.56. The molecule has 7 rings (SSSR count). The van der Waals surface area contributed by atoms with Crippen molar-refractivity contribution in [3.05, 3.63) is 67.2 Å². The van der Waals surface area contributed by atoms with E-state index in [4.69, 9.17) is 61.6 Å². The summed E-state index contributed by atoms with van der Waals surface area (Å²) in [5, 5.41) is 12.4. The number of esters is 1. The molecular weight excluding hydrogens is 1000 g/mol. The van der Waals surface area contributed by atoms with Gasteiger partial charge in [0.15, 0.2) is 49.6 Å². The van der Waals surface area contributed by atoms with Gasteiger partial charge in [-0.25, -0.2) is 4.79 Å². The van der Waals surface area contributed by atoms with Gasteiger partial charge in [-0.15, -0.1) is 0 Å². The number of azide groups is 3. The Morgan fingerprint density at radius 1 is 0.558 bits per heavy atom. The number of ether oxygens (including phenoxy) is 13. The Labute approximate surface area is 451 Å². The van der Waals surface area contributed by atoms with Crippen molar-refractivity contribution < 1.29 is 71.2 Å². The molecule has 11 unspecified atom stereocenters. The predicted molar refractivity (Wildman–Crippen MR) is 275 cm³/mol. The summed E-state index contributed by atoms with van der Waals surface area (Å²) in [6.07, 6.45) is -10.2. The van der Waals surface area contributed by atoms with Crippen LogP contribution in [0.4, 0.5) is 0 Å². The summed E-state index contributed by atoms with van der Waals surface area (Å²) in [4.78, 5) is 37.1. The third kappa shape index (κ3) is 13.5. The van der Waals surface area contributed by atoms with E-state index in [1.165, 1.54) is 14.0 Å². The van der Waals surface area contributed by atoms with Crippen LogP contribution in [0, 0.1) is 35.5 Å². The Bertz CT molecular complexity index is 2240. The van der Waals surface area contributed by atoms with Crippen LogP contribution in [-0.2, 0) is 66.4 Å². The predicted octanol–water partition coefficient (Wildman–Crippen LogP) is 9.63. The van der Waals surface area contributed by atoms with Crippen LogP contribution in [-0.4, -0.2) is 148 Å². The Hall–Kier alpha value is -4.19. The second kappa shape index (κ2) is 27.8. The molecule has 1 aromatic rings. The highest BCUT2D eigenvalue weighted by molar-refractivity contribution is 5.89. The van der Waals surface area contributed by atoms with Gasteiger partial charge >= 0.3 is 5.97 Å². The molecule has 1 aromatic carbocycles. The first kappa shape index (κ1) is 60.5. The minimum absolute atomic E-state index is 0.0741. The Morgan fingerprint density at radius 3 is 1.60 bits per heavy atom. The highest BCUT2D eigenvalue weighted by atomic mass is 16.8. The lowest BCUT2D eigenvalue weighted by Crippen LogP contribution is -2.64. The average molecular weight is 1080 g/mol. The van der Waals surface area contributed by atoms with Crippen LogP contribution in [0.3, 0.4) is 0 Å². The van der Waals surface area contributed by atoms with Crippen molar-refractivity contribution >= 4 is 11.8 Å². The summed E-state index contributed by atoms with van der Waals surface area (Å²) in [6, 6.07) is 6.16. The van der Waals surface area contributed by atoms with E-state index in [1.54, 1.807) is 30.3 Å². The third-order valence-corrected chi connectivity index (χ3v) is 16.8. The average Bonchev–Trinajstić information content (AvgIpc) is 3.48. The second-order valence-corrected chi connectivity index (χ2v) is 21.6. The van der Waals surface area contributed by atoms with E-state index in [0.717, 1.165) is 12.8 Å².